The Balaban J connectivity index is 1.26. The van der Waals surface area contributed by atoms with Crippen molar-refractivity contribution in [1.82, 2.24) is 4.98 Å². The molecule has 0 bridgehead atoms. The van der Waals surface area contributed by atoms with Crippen LogP contribution in [0.25, 0.3) is 0 Å². The van der Waals surface area contributed by atoms with Gasteiger partial charge in [-0.1, -0.05) is 33.8 Å². The molecule has 0 spiro atoms. The van der Waals surface area contributed by atoms with Crippen molar-refractivity contribution in [2.45, 2.75) is 110 Å². The molecule has 0 aliphatic heterocycles. The largest absolute Gasteiger partial charge is 0.390 e. The van der Waals surface area contributed by atoms with E-state index in [9.17, 15) is 9.90 Å². The van der Waals surface area contributed by atoms with Gasteiger partial charge < -0.3 is 5.11 Å². The van der Waals surface area contributed by atoms with Crippen LogP contribution in [0.1, 0.15) is 115 Å². The summed E-state index contributed by atoms with van der Waals surface area (Å²) < 4.78 is 0. The summed E-state index contributed by atoms with van der Waals surface area (Å²) in [6, 6.07) is 5.64. The molecule has 9 atom stereocenters. The Labute approximate surface area is 207 Å². The maximum atomic E-state index is 12.7. The topological polar surface area (TPSA) is 50.2 Å². The molecule has 4 aliphatic rings. The Morgan fingerprint density at radius 2 is 1.85 bits per heavy atom. The monoisotopic (exact) mass is 465 g/mol. The van der Waals surface area contributed by atoms with Crippen molar-refractivity contribution < 1.29 is 9.90 Å². The van der Waals surface area contributed by atoms with E-state index in [-0.39, 0.29) is 5.78 Å². The van der Waals surface area contributed by atoms with Gasteiger partial charge in [0, 0.05) is 12.6 Å². The minimum absolute atomic E-state index is 0.200. The predicted molar refractivity (Wildman–Crippen MR) is 137 cm³/mol. The third kappa shape index (κ3) is 3.98. The first-order valence-corrected chi connectivity index (χ1v) is 14.4. The van der Waals surface area contributed by atoms with Crippen LogP contribution in [0.4, 0.5) is 0 Å². The summed E-state index contributed by atoms with van der Waals surface area (Å²) in [4.78, 5) is 16.9. The molecular formula is C31H47NO2. The summed E-state index contributed by atoms with van der Waals surface area (Å²) in [5.41, 5.74) is 1.10. The molecule has 0 aromatic carbocycles. The normalized spacial score (nSPS) is 44.6. The highest BCUT2D eigenvalue weighted by molar-refractivity contribution is 5.94. The van der Waals surface area contributed by atoms with Crippen molar-refractivity contribution in [3.63, 3.8) is 0 Å². The molecule has 0 radical (unpaired) electrons. The molecule has 5 rings (SSSR count). The minimum atomic E-state index is -0.402. The van der Waals surface area contributed by atoms with Crippen molar-refractivity contribution in [1.29, 1.82) is 0 Å². The number of hydrogen-bond acceptors (Lipinski definition) is 3. The van der Waals surface area contributed by atoms with E-state index in [2.05, 4.69) is 32.7 Å². The van der Waals surface area contributed by atoms with E-state index in [0.29, 0.717) is 34.8 Å². The van der Waals surface area contributed by atoms with Crippen LogP contribution in [-0.2, 0) is 0 Å². The van der Waals surface area contributed by atoms with E-state index in [4.69, 9.17) is 0 Å². The van der Waals surface area contributed by atoms with Crippen LogP contribution in [0.5, 0.6) is 0 Å². The molecule has 1 N–H and O–H groups in total. The molecule has 4 saturated carbocycles. The Morgan fingerprint density at radius 3 is 2.59 bits per heavy atom. The van der Waals surface area contributed by atoms with E-state index in [1.165, 1.54) is 44.9 Å². The van der Waals surface area contributed by atoms with E-state index in [1.807, 2.05) is 18.2 Å². The van der Waals surface area contributed by atoms with Gasteiger partial charge in [0.25, 0.3) is 0 Å². The molecule has 4 aliphatic carbocycles. The summed E-state index contributed by atoms with van der Waals surface area (Å²) >= 11 is 0. The second-order valence-electron chi connectivity index (χ2n) is 13.3. The smallest absolute Gasteiger partial charge is 0.181 e. The lowest BCUT2D eigenvalue weighted by atomic mass is 9.43. The van der Waals surface area contributed by atoms with Crippen LogP contribution >= 0.6 is 0 Å². The number of carbonyl (C=O) groups excluding carboxylic acids is 1. The minimum Gasteiger partial charge on any atom is -0.390 e. The molecular weight excluding hydrogens is 418 g/mol. The number of rotatable bonds is 6. The molecule has 188 valence electrons. The van der Waals surface area contributed by atoms with Gasteiger partial charge in [-0.3, -0.25) is 9.78 Å². The zero-order chi connectivity index (χ0) is 24.1. The zero-order valence-corrected chi connectivity index (χ0v) is 22.1. The maximum Gasteiger partial charge on any atom is 0.181 e. The van der Waals surface area contributed by atoms with Crippen LogP contribution in [0.15, 0.2) is 24.4 Å². The quantitative estimate of drug-likeness (QED) is 0.443. The Bertz CT molecular complexity index is 885. The third-order valence-electron chi connectivity index (χ3n) is 12.0. The first-order chi connectivity index (χ1) is 16.2. The first-order valence-electron chi connectivity index (χ1n) is 14.4. The van der Waals surface area contributed by atoms with E-state index >= 15 is 0 Å². The average Bonchev–Trinajstić information content (AvgIpc) is 3.20. The first kappa shape index (κ1) is 24.5. The number of fused-ring (bicyclic) bond motifs is 5. The van der Waals surface area contributed by atoms with Gasteiger partial charge >= 0.3 is 0 Å². The van der Waals surface area contributed by atoms with Gasteiger partial charge in [0.1, 0.15) is 5.69 Å². The molecule has 1 aromatic rings. The van der Waals surface area contributed by atoms with Gasteiger partial charge in [-0.05, 0) is 129 Å². The summed E-state index contributed by atoms with van der Waals surface area (Å²) in [7, 11) is 0. The van der Waals surface area contributed by atoms with Crippen molar-refractivity contribution in [2.75, 3.05) is 0 Å². The Morgan fingerprint density at radius 1 is 1.06 bits per heavy atom. The van der Waals surface area contributed by atoms with Crippen molar-refractivity contribution in [2.24, 2.45) is 46.3 Å². The lowest BCUT2D eigenvalue weighted by Crippen LogP contribution is -2.56. The number of aromatic nitrogens is 1. The molecule has 4 fully saturated rings. The molecule has 0 saturated heterocycles. The highest BCUT2D eigenvalue weighted by atomic mass is 16.3. The van der Waals surface area contributed by atoms with Gasteiger partial charge in [-0.25, -0.2) is 0 Å². The number of carbonyl (C=O) groups is 1. The second kappa shape index (κ2) is 9.02. The molecule has 1 unspecified atom stereocenters. The predicted octanol–water partition coefficient (Wildman–Crippen LogP) is 7.48. The van der Waals surface area contributed by atoms with Gasteiger partial charge in [0.15, 0.2) is 5.78 Å². The number of aliphatic hydroxyl groups is 1. The fourth-order valence-corrected chi connectivity index (χ4v) is 9.83. The highest BCUT2D eigenvalue weighted by Gasteiger charge is 2.61. The maximum absolute atomic E-state index is 12.7. The molecule has 1 aromatic heterocycles. The zero-order valence-electron chi connectivity index (χ0n) is 22.1. The molecule has 3 nitrogen and oxygen atoms in total. The van der Waals surface area contributed by atoms with Crippen LogP contribution in [0, 0.1) is 46.3 Å². The van der Waals surface area contributed by atoms with Crippen LogP contribution in [0.2, 0.25) is 0 Å². The number of nitrogens with zero attached hydrogens (tertiary/aromatic N) is 1. The van der Waals surface area contributed by atoms with Crippen molar-refractivity contribution >= 4 is 5.78 Å². The molecule has 0 amide bonds. The van der Waals surface area contributed by atoms with Gasteiger partial charge in [-0.2, -0.15) is 0 Å². The average molecular weight is 466 g/mol. The van der Waals surface area contributed by atoms with Crippen LogP contribution in [-0.4, -0.2) is 21.5 Å². The van der Waals surface area contributed by atoms with Crippen LogP contribution < -0.4 is 0 Å². The van der Waals surface area contributed by atoms with Gasteiger partial charge in [-0.15, -0.1) is 0 Å². The Kier molecular flexibility index (Phi) is 6.49. The van der Waals surface area contributed by atoms with Crippen molar-refractivity contribution in [3.05, 3.63) is 30.1 Å². The summed E-state index contributed by atoms with van der Waals surface area (Å²) in [6.45, 7) is 9.81. The summed E-state index contributed by atoms with van der Waals surface area (Å²) in [5, 5.41) is 11.1. The molecule has 34 heavy (non-hydrogen) atoms. The third-order valence-corrected chi connectivity index (χ3v) is 12.0. The Hall–Kier alpha value is -1.22. The SMILES string of the molecule is CC[C@]1(O)CC[C@@]2(C)C(CC[C@H]3[C@@H]4CC[C@H]([C@H](C)CCC(=O)c5ccccn5)[C@@]4(C)CC[C@@H]32)C1. The number of hydrogen-bond donors (Lipinski definition) is 1. The highest BCUT2D eigenvalue weighted by Crippen LogP contribution is 2.69. The number of Topliss-reactive ketones (excluding diaryl/α,β-unsaturated/α-hetero) is 1. The number of ketones is 1. The van der Waals surface area contributed by atoms with Crippen LogP contribution in [0.3, 0.4) is 0 Å². The lowest BCUT2D eigenvalue weighted by Gasteiger charge is -2.62. The van der Waals surface area contributed by atoms with E-state index in [0.717, 1.165) is 49.4 Å². The second-order valence-corrected chi connectivity index (χ2v) is 13.3. The van der Waals surface area contributed by atoms with Crippen molar-refractivity contribution in [3.8, 4) is 0 Å². The number of pyridine rings is 1. The van der Waals surface area contributed by atoms with E-state index in [1.54, 1.807) is 6.20 Å². The molecule has 3 heteroatoms. The molecule has 1 heterocycles. The fraction of sp³-hybridized carbons (Fsp3) is 0.806. The fourth-order valence-electron chi connectivity index (χ4n) is 9.83. The summed E-state index contributed by atoms with van der Waals surface area (Å²) in [5.74, 6) is 4.84. The van der Waals surface area contributed by atoms with Gasteiger partial charge in [0.2, 0.25) is 0 Å². The van der Waals surface area contributed by atoms with Gasteiger partial charge in [0.05, 0.1) is 5.60 Å². The lowest BCUT2D eigenvalue weighted by molar-refractivity contribution is -0.152. The summed E-state index contributed by atoms with van der Waals surface area (Å²) in [6.07, 6.45) is 15.7. The van der Waals surface area contributed by atoms with E-state index < -0.39 is 5.60 Å². The standard InChI is InChI=1S/C31H47NO2/c1-5-31(34)18-17-29(3)22(20-31)10-11-23-25-13-12-24(30(25,4)16-15-26(23)29)21(2)9-14-28(33)27-8-6-7-19-32-27/h6-8,19,21-26,34H,5,9-18,20H2,1-4H3/t21-,22?,23+,24-,25+,26+,29+,30-,31+/m1/s1.